The van der Waals surface area contributed by atoms with Crippen LogP contribution in [0.15, 0.2) is 42.5 Å². The lowest BCUT2D eigenvalue weighted by Gasteiger charge is -2.09. The molecule has 2 rings (SSSR count). The molecule has 128 valence electrons. The van der Waals surface area contributed by atoms with Gasteiger partial charge in [-0.15, -0.1) is 0 Å². The zero-order valence-corrected chi connectivity index (χ0v) is 14.5. The molecule has 6 heteroatoms. The Morgan fingerprint density at radius 3 is 2.44 bits per heavy atom. The van der Waals surface area contributed by atoms with Gasteiger partial charge in [0.05, 0.1) is 17.1 Å². The van der Waals surface area contributed by atoms with E-state index >= 15 is 0 Å². The van der Waals surface area contributed by atoms with Crippen LogP contribution >= 0.6 is 11.6 Å². The molecule has 1 N–H and O–H groups in total. The Hall–Kier alpha value is -2.84. The zero-order valence-electron chi connectivity index (χ0n) is 13.8. The van der Waals surface area contributed by atoms with E-state index < -0.39 is 11.7 Å². The molecule has 4 nitrogen and oxygen atoms in total. The van der Waals surface area contributed by atoms with Gasteiger partial charge in [0, 0.05) is 25.2 Å². The molecule has 0 saturated carbocycles. The van der Waals surface area contributed by atoms with Crippen LogP contribution in [0.5, 0.6) is 0 Å². The molecule has 0 aliphatic carbocycles. The van der Waals surface area contributed by atoms with Gasteiger partial charge >= 0.3 is 0 Å². The van der Waals surface area contributed by atoms with Crippen molar-refractivity contribution in [1.29, 1.82) is 0 Å². The number of hydrogen-bond acceptors (Lipinski definition) is 2. The largest absolute Gasteiger partial charge is 0.345 e. The summed E-state index contributed by atoms with van der Waals surface area (Å²) in [6, 6.07) is 10.9. The van der Waals surface area contributed by atoms with Gasteiger partial charge in [-0.05, 0) is 36.4 Å². The second kappa shape index (κ2) is 8.32. The molecule has 0 saturated heterocycles. The van der Waals surface area contributed by atoms with E-state index in [2.05, 4.69) is 17.2 Å². The number of benzene rings is 2. The summed E-state index contributed by atoms with van der Waals surface area (Å²) >= 11 is 5.83. The second-order valence-electron chi connectivity index (χ2n) is 5.36. The quantitative estimate of drug-likeness (QED) is 0.858. The van der Waals surface area contributed by atoms with E-state index in [1.807, 2.05) is 0 Å². The van der Waals surface area contributed by atoms with E-state index in [1.54, 1.807) is 38.4 Å². The molecule has 2 amide bonds. The van der Waals surface area contributed by atoms with Crippen molar-refractivity contribution >= 4 is 23.4 Å². The van der Waals surface area contributed by atoms with Crippen molar-refractivity contribution in [2.75, 3.05) is 20.6 Å². The number of carbonyl (C=O) groups is 2. The lowest BCUT2D eigenvalue weighted by Crippen LogP contribution is -2.25. The van der Waals surface area contributed by atoms with Gasteiger partial charge in [-0.25, -0.2) is 4.39 Å². The minimum atomic E-state index is -0.681. The highest BCUT2D eigenvalue weighted by Gasteiger charge is 2.14. The van der Waals surface area contributed by atoms with E-state index in [0.717, 1.165) is 0 Å². The first-order valence-electron chi connectivity index (χ1n) is 7.43. The number of hydrogen-bond donors (Lipinski definition) is 1. The summed E-state index contributed by atoms with van der Waals surface area (Å²) in [6.45, 7) is 0.0435. The Bertz CT molecular complexity index is 832. The molecule has 0 atom stereocenters. The number of amides is 2. The highest BCUT2D eigenvalue weighted by atomic mass is 35.5. The average Bonchev–Trinajstić information content (AvgIpc) is 2.58. The van der Waals surface area contributed by atoms with E-state index in [-0.39, 0.29) is 23.0 Å². The Morgan fingerprint density at radius 1 is 1.16 bits per heavy atom. The van der Waals surface area contributed by atoms with Crippen LogP contribution in [0.3, 0.4) is 0 Å². The van der Waals surface area contributed by atoms with Crippen molar-refractivity contribution in [3.8, 4) is 11.8 Å². The molecule has 0 aromatic heterocycles. The maximum atomic E-state index is 13.6. The van der Waals surface area contributed by atoms with Crippen molar-refractivity contribution in [2.45, 2.75) is 0 Å². The highest BCUT2D eigenvalue weighted by molar-refractivity contribution is 6.33. The normalized spacial score (nSPS) is 9.76. The summed E-state index contributed by atoms with van der Waals surface area (Å²) in [6.07, 6.45) is 0. The average molecular weight is 359 g/mol. The van der Waals surface area contributed by atoms with Crippen LogP contribution in [0.25, 0.3) is 0 Å². The van der Waals surface area contributed by atoms with Crippen LogP contribution in [0.1, 0.15) is 26.3 Å². The molecule has 0 aliphatic rings. The van der Waals surface area contributed by atoms with Gasteiger partial charge in [0.15, 0.2) is 0 Å². The summed E-state index contributed by atoms with van der Waals surface area (Å²) in [5, 5.41) is 2.55. The summed E-state index contributed by atoms with van der Waals surface area (Å²) in [7, 11) is 3.36. The molecule has 25 heavy (non-hydrogen) atoms. The van der Waals surface area contributed by atoms with Gasteiger partial charge < -0.3 is 10.2 Å². The minimum absolute atomic E-state index is 0.0435. The van der Waals surface area contributed by atoms with Crippen LogP contribution < -0.4 is 5.32 Å². The molecule has 0 spiro atoms. The van der Waals surface area contributed by atoms with Gasteiger partial charge in [-0.1, -0.05) is 29.5 Å². The third kappa shape index (κ3) is 4.82. The number of carbonyl (C=O) groups excluding carboxylic acids is 2. The Morgan fingerprint density at radius 2 is 1.84 bits per heavy atom. The maximum absolute atomic E-state index is 13.6. The predicted molar refractivity (Wildman–Crippen MR) is 95.1 cm³/mol. The predicted octanol–water partition coefficient (Wildman–Crippen LogP) is 2.96. The molecule has 0 heterocycles. The summed E-state index contributed by atoms with van der Waals surface area (Å²) in [5.41, 5.74) is 1.07. The van der Waals surface area contributed by atoms with E-state index in [9.17, 15) is 14.0 Å². The third-order valence-corrected chi connectivity index (χ3v) is 3.61. The lowest BCUT2D eigenvalue weighted by atomic mass is 10.1. The number of nitrogens with one attached hydrogen (secondary N) is 1. The fraction of sp³-hybridized carbons (Fsp3) is 0.158. The monoisotopic (exact) mass is 358 g/mol. The summed E-state index contributed by atoms with van der Waals surface area (Å²) in [4.78, 5) is 25.2. The fourth-order valence-corrected chi connectivity index (χ4v) is 2.28. The van der Waals surface area contributed by atoms with E-state index in [0.29, 0.717) is 11.1 Å². The number of rotatable bonds is 3. The smallest absolute Gasteiger partial charge is 0.256 e. The molecule has 0 radical (unpaired) electrons. The molecule has 0 bridgehead atoms. The first-order chi connectivity index (χ1) is 11.9. The van der Waals surface area contributed by atoms with E-state index in [4.69, 9.17) is 11.6 Å². The van der Waals surface area contributed by atoms with Crippen LogP contribution in [0.4, 0.5) is 4.39 Å². The molecule has 0 fully saturated rings. The van der Waals surface area contributed by atoms with Gasteiger partial charge in [0.2, 0.25) is 0 Å². The Balaban J connectivity index is 1.97. The van der Waals surface area contributed by atoms with Crippen molar-refractivity contribution in [2.24, 2.45) is 0 Å². The number of nitrogens with zero attached hydrogens (tertiary/aromatic N) is 1. The minimum Gasteiger partial charge on any atom is -0.345 e. The third-order valence-electron chi connectivity index (χ3n) is 3.30. The van der Waals surface area contributed by atoms with Crippen LogP contribution in [0, 0.1) is 17.7 Å². The van der Waals surface area contributed by atoms with Gasteiger partial charge in [-0.2, -0.15) is 0 Å². The molecule has 2 aromatic carbocycles. The fourth-order valence-electron chi connectivity index (χ4n) is 2.03. The second-order valence-corrected chi connectivity index (χ2v) is 5.77. The standard InChI is InChI=1S/C19H16ClFN2O2/c1-23(2)19(25)14-10-8-13(9-11-14)5-4-12-22-18(24)17-15(20)6-3-7-16(17)21/h3,6-11H,12H2,1-2H3,(H,22,24). The Labute approximate surface area is 150 Å². The van der Waals surface area contributed by atoms with Crippen molar-refractivity contribution in [3.63, 3.8) is 0 Å². The molecular weight excluding hydrogens is 343 g/mol. The topological polar surface area (TPSA) is 49.4 Å². The molecule has 0 aliphatic heterocycles. The summed E-state index contributed by atoms with van der Waals surface area (Å²) < 4.78 is 13.6. The van der Waals surface area contributed by atoms with Gasteiger partial charge in [0.1, 0.15) is 5.82 Å². The number of halogens is 2. The van der Waals surface area contributed by atoms with Crippen LogP contribution in [0.2, 0.25) is 5.02 Å². The summed E-state index contributed by atoms with van der Waals surface area (Å²) in [5.74, 6) is 4.24. The van der Waals surface area contributed by atoms with Crippen molar-refractivity contribution in [1.82, 2.24) is 10.2 Å². The maximum Gasteiger partial charge on any atom is 0.256 e. The first kappa shape index (κ1) is 18.5. The SMILES string of the molecule is CN(C)C(=O)c1ccc(C#CCNC(=O)c2c(F)cccc2Cl)cc1. The van der Waals surface area contributed by atoms with Crippen LogP contribution in [-0.2, 0) is 0 Å². The first-order valence-corrected chi connectivity index (χ1v) is 7.80. The highest BCUT2D eigenvalue weighted by Crippen LogP contribution is 2.18. The molecule has 2 aromatic rings. The zero-order chi connectivity index (χ0) is 18.4. The van der Waals surface area contributed by atoms with E-state index in [1.165, 1.54) is 23.1 Å². The van der Waals surface area contributed by atoms with Crippen molar-refractivity contribution in [3.05, 3.63) is 70.0 Å². The molecular formula is C19H16ClFN2O2. The Kier molecular flexibility index (Phi) is 6.15. The van der Waals surface area contributed by atoms with Crippen molar-refractivity contribution < 1.29 is 14.0 Å². The molecule has 0 unspecified atom stereocenters. The van der Waals surface area contributed by atoms with Gasteiger partial charge in [-0.3, -0.25) is 9.59 Å². The lowest BCUT2D eigenvalue weighted by molar-refractivity contribution is 0.0827. The van der Waals surface area contributed by atoms with Crippen LogP contribution in [-0.4, -0.2) is 37.4 Å². The van der Waals surface area contributed by atoms with Gasteiger partial charge in [0.25, 0.3) is 11.8 Å².